The Hall–Kier alpha value is -2.02. The van der Waals surface area contributed by atoms with Crippen LogP contribution in [-0.4, -0.2) is 63.9 Å². The minimum absolute atomic E-state index is 0.0464. The van der Waals surface area contributed by atoms with Crippen molar-refractivity contribution in [3.05, 3.63) is 23.8 Å². The second kappa shape index (κ2) is 7.31. The summed E-state index contributed by atoms with van der Waals surface area (Å²) in [6.07, 6.45) is 5.93. The lowest BCUT2D eigenvalue weighted by Crippen LogP contribution is -2.33. The van der Waals surface area contributed by atoms with E-state index in [2.05, 4.69) is 9.97 Å². The van der Waals surface area contributed by atoms with E-state index in [4.69, 9.17) is 5.11 Å². The van der Waals surface area contributed by atoms with Gasteiger partial charge in [0.2, 0.25) is 11.8 Å². The van der Waals surface area contributed by atoms with Crippen molar-refractivity contribution >= 4 is 11.8 Å². The van der Waals surface area contributed by atoms with Gasteiger partial charge < -0.3 is 14.9 Å². The molecular formula is C15H22N4O3. The number of hydrogen-bond acceptors (Lipinski definition) is 5. The van der Waals surface area contributed by atoms with E-state index in [0.717, 1.165) is 24.2 Å². The number of aromatic nitrogens is 2. The summed E-state index contributed by atoms with van der Waals surface area (Å²) in [5.74, 6) is -0.234. The summed E-state index contributed by atoms with van der Waals surface area (Å²) in [6.45, 7) is 0.149. The number of nitrogens with zero attached hydrogens (tertiary/aromatic N) is 4. The number of hydrogen-bond donors (Lipinski definition) is 1. The van der Waals surface area contributed by atoms with Crippen LogP contribution in [0.5, 0.6) is 0 Å². The molecular weight excluding hydrogens is 284 g/mol. The number of likely N-dealkylation sites (tertiary alicyclic amines) is 1. The Bertz CT molecular complexity index is 547. The second-order valence-corrected chi connectivity index (χ2v) is 5.63. The Morgan fingerprint density at radius 2 is 2.18 bits per heavy atom. The third-order valence-electron chi connectivity index (χ3n) is 3.85. The largest absolute Gasteiger partial charge is 0.387 e. The maximum Gasteiger partial charge on any atom is 0.248 e. The first-order valence-electron chi connectivity index (χ1n) is 7.44. The Balaban J connectivity index is 2.07. The highest BCUT2D eigenvalue weighted by Crippen LogP contribution is 2.30. The zero-order valence-corrected chi connectivity index (χ0v) is 13.0. The molecule has 0 saturated carbocycles. The molecule has 1 atom stereocenters. The minimum atomic E-state index is -0.485. The normalized spacial score (nSPS) is 17.6. The lowest BCUT2D eigenvalue weighted by atomic mass is 10.1. The molecule has 1 aromatic rings. The number of amides is 2. The van der Waals surface area contributed by atoms with Crippen molar-refractivity contribution in [1.82, 2.24) is 19.8 Å². The van der Waals surface area contributed by atoms with E-state index in [1.165, 1.54) is 0 Å². The average Bonchev–Trinajstić information content (AvgIpc) is 3.01. The maximum absolute atomic E-state index is 11.8. The van der Waals surface area contributed by atoms with Gasteiger partial charge in [-0.25, -0.2) is 0 Å². The third kappa shape index (κ3) is 3.79. The fourth-order valence-corrected chi connectivity index (χ4v) is 2.63. The van der Waals surface area contributed by atoms with Crippen LogP contribution in [0, 0.1) is 0 Å². The van der Waals surface area contributed by atoms with Gasteiger partial charge in [-0.3, -0.25) is 19.6 Å². The predicted octanol–water partition coefficient (Wildman–Crippen LogP) is 0.153. The van der Waals surface area contributed by atoms with Crippen LogP contribution < -0.4 is 0 Å². The molecule has 1 fully saturated rings. The van der Waals surface area contributed by atoms with Gasteiger partial charge in [0.15, 0.2) is 0 Å². The van der Waals surface area contributed by atoms with Gasteiger partial charge >= 0.3 is 0 Å². The number of carbonyl (C=O) groups excluding carboxylic acids is 2. The number of rotatable bonds is 5. The lowest BCUT2D eigenvalue weighted by Gasteiger charge is -2.23. The van der Waals surface area contributed by atoms with Crippen LogP contribution in [0.3, 0.4) is 0 Å². The van der Waals surface area contributed by atoms with E-state index in [0.29, 0.717) is 19.4 Å². The van der Waals surface area contributed by atoms with Crippen LogP contribution in [0.25, 0.3) is 0 Å². The molecule has 2 amide bonds. The summed E-state index contributed by atoms with van der Waals surface area (Å²) in [5, 5.41) is 9.04. The van der Waals surface area contributed by atoms with E-state index < -0.39 is 6.61 Å². The molecule has 0 bridgehead atoms. The average molecular weight is 306 g/mol. The summed E-state index contributed by atoms with van der Waals surface area (Å²) in [5.41, 5.74) is 1.48. The highest BCUT2D eigenvalue weighted by atomic mass is 16.3. The molecule has 0 unspecified atom stereocenters. The smallest absolute Gasteiger partial charge is 0.248 e. The van der Waals surface area contributed by atoms with Crippen molar-refractivity contribution in [2.24, 2.45) is 0 Å². The molecule has 0 aliphatic carbocycles. The van der Waals surface area contributed by atoms with E-state index in [1.807, 2.05) is 0 Å². The lowest BCUT2D eigenvalue weighted by molar-refractivity contribution is -0.135. The van der Waals surface area contributed by atoms with E-state index >= 15 is 0 Å². The summed E-state index contributed by atoms with van der Waals surface area (Å²) in [7, 11) is 3.45. The summed E-state index contributed by atoms with van der Waals surface area (Å²) < 4.78 is 0. The van der Waals surface area contributed by atoms with Gasteiger partial charge in [-0.2, -0.15) is 0 Å². The molecule has 1 aliphatic rings. The zero-order valence-electron chi connectivity index (χ0n) is 13.0. The predicted molar refractivity (Wildman–Crippen MR) is 79.8 cm³/mol. The maximum atomic E-state index is 11.8. The molecule has 0 spiro atoms. The number of aryl methyl sites for hydroxylation is 1. The topological polar surface area (TPSA) is 86.6 Å². The number of aliphatic hydroxyl groups is 1. The highest BCUT2D eigenvalue weighted by molar-refractivity contribution is 5.78. The first-order chi connectivity index (χ1) is 10.5. The monoisotopic (exact) mass is 306 g/mol. The first-order valence-corrected chi connectivity index (χ1v) is 7.44. The van der Waals surface area contributed by atoms with Crippen molar-refractivity contribution in [2.75, 3.05) is 27.2 Å². The molecule has 1 aliphatic heterocycles. The summed E-state index contributed by atoms with van der Waals surface area (Å²) >= 11 is 0. The Morgan fingerprint density at radius 1 is 1.41 bits per heavy atom. The minimum Gasteiger partial charge on any atom is -0.387 e. The van der Waals surface area contributed by atoms with Gasteiger partial charge in [0.1, 0.15) is 6.61 Å². The highest BCUT2D eigenvalue weighted by Gasteiger charge is 2.30. The van der Waals surface area contributed by atoms with Gasteiger partial charge in [-0.05, 0) is 19.3 Å². The molecule has 0 aromatic carbocycles. The van der Waals surface area contributed by atoms with Crippen LogP contribution >= 0.6 is 0 Å². The summed E-state index contributed by atoms with van der Waals surface area (Å²) in [4.78, 5) is 35.3. The third-order valence-corrected chi connectivity index (χ3v) is 3.85. The van der Waals surface area contributed by atoms with E-state index in [-0.39, 0.29) is 17.9 Å². The van der Waals surface area contributed by atoms with Gasteiger partial charge in [0, 0.05) is 33.3 Å². The van der Waals surface area contributed by atoms with Crippen LogP contribution in [0.4, 0.5) is 0 Å². The molecule has 7 nitrogen and oxygen atoms in total. The van der Waals surface area contributed by atoms with E-state index in [9.17, 15) is 9.59 Å². The number of aliphatic hydroxyl groups excluding tert-OH is 1. The zero-order chi connectivity index (χ0) is 16.1. The van der Waals surface area contributed by atoms with Crippen LogP contribution in [0.1, 0.15) is 36.7 Å². The molecule has 7 heteroatoms. The second-order valence-electron chi connectivity index (χ2n) is 5.63. The fraction of sp³-hybridized carbons (Fsp3) is 0.600. The van der Waals surface area contributed by atoms with Crippen LogP contribution in [0.15, 0.2) is 12.4 Å². The molecule has 22 heavy (non-hydrogen) atoms. The number of carbonyl (C=O) groups is 2. The molecule has 1 saturated heterocycles. The van der Waals surface area contributed by atoms with E-state index in [1.54, 1.807) is 36.3 Å². The molecule has 1 N–H and O–H groups in total. The van der Waals surface area contributed by atoms with Gasteiger partial charge in [0.05, 0.1) is 23.6 Å². The van der Waals surface area contributed by atoms with Gasteiger partial charge in [-0.15, -0.1) is 0 Å². The van der Waals surface area contributed by atoms with Crippen molar-refractivity contribution in [1.29, 1.82) is 0 Å². The molecule has 2 heterocycles. The first kappa shape index (κ1) is 16.4. The Morgan fingerprint density at radius 3 is 2.86 bits per heavy atom. The van der Waals surface area contributed by atoms with Crippen LogP contribution in [0.2, 0.25) is 0 Å². The Kier molecular flexibility index (Phi) is 5.43. The van der Waals surface area contributed by atoms with Crippen molar-refractivity contribution in [2.45, 2.75) is 31.7 Å². The standard InChI is InChI=1S/C15H22N4O3/c1-18(2)14(21)6-5-11-8-16-9-12(17-11)13-4-3-7-19(13)15(22)10-20/h8-9,13,20H,3-7,10H2,1-2H3/t13-/m0/s1. The van der Waals surface area contributed by atoms with Gasteiger partial charge in [0.25, 0.3) is 0 Å². The Labute approximate surface area is 130 Å². The van der Waals surface area contributed by atoms with Gasteiger partial charge in [-0.1, -0.05) is 0 Å². The quantitative estimate of drug-likeness (QED) is 0.837. The summed E-state index contributed by atoms with van der Waals surface area (Å²) in [6, 6.07) is -0.128. The SMILES string of the molecule is CN(C)C(=O)CCc1cncc([C@@H]2CCCN2C(=O)CO)n1. The van der Waals surface area contributed by atoms with Crippen molar-refractivity contribution in [3.63, 3.8) is 0 Å². The van der Waals surface area contributed by atoms with Crippen molar-refractivity contribution < 1.29 is 14.7 Å². The molecule has 1 aromatic heterocycles. The van der Waals surface area contributed by atoms with Crippen LogP contribution in [-0.2, 0) is 16.0 Å². The van der Waals surface area contributed by atoms with Crippen molar-refractivity contribution in [3.8, 4) is 0 Å². The molecule has 120 valence electrons. The molecule has 0 radical (unpaired) electrons. The fourth-order valence-electron chi connectivity index (χ4n) is 2.63. The molecule has 2 rings (SSSR count).